The minimum atomic E-state index is 0.113. The van der Waals surface area contributed by atoms with Gasteiger partial charge in [0.1, 0.15) is 10.3 Å². The molecule has 0 saturated heterocycles. The Morgan fingerprint density at radius 3 is 2.15 bits per heavy atom. The first-order valence-corrected chi connectivity index (χ1v) is 4.80. The van der Waals surface area contributed by atoms with E-state index in [4.69, 9.17) is 28.9 Å². The molecule has 0 fully saturated rings. The van der Waals surface area contributed by atoms with Crippen molar-refractivity contribution in [2.24, 2.45) is 0 Å². The fourth-order valence-corrected chi connectivity index (χ4v) is 1.82. The molecule has 13 heavy (non-hydrogen) atoms. The molecule has 0 saturated carbocycles. The van der Waals surface area contributed by atoms with Crippen molar-refractivity contribution in [3.63, 3.8) is 0 Å². The van der Waals surface area contributed by atoms with Crippen LogP contribution in [0.4, 0.5) is 5.95 Å². The van der Waals surface area contributed by atoms with Gasteiger partial charge in [0.2, 0.25) is 5.95 Å². The van der Waals surface area contributed by atoms with Gasteiger partial charge in [0.05, 0.1) is 0 Å². The summed E-state index contributed by atoms with van der Waals surface area (Å²) in [6.07, 6.45) is 0.937. The van der Waals surface area contributed by atoms with Crippen LogP contribution in [0.3, 0.4) is 0 Å². The Balaban J connectivity index is 3.20. The van der Waals surface area contributed by atoms with Crippen LogP contribution in [0, 0.1) is 0 Å². The van der Waals surface area contributed by atoms with Gasteiger partial charge in [-0.2, -0.15) is 0 Å². The molecule has 0 aliphatic heterocycles. The van der Waals surface area contributed by atoms with Crippen LogP contribution in [-0.4, -0.2) is 9.97 Å². The third-order valence-corrected chi connectivity index (χ3v) is 2.55. The third-order valence-electron chi connectivity index (χ3n) is 1.98. The Kier molecular flexibility index (Phi) is 3.33. The number of hydrogen-bond acceptors (Lipinski definition) is 3. The Morgan fingerprint density at radius 1 is 1.31 bits per heavy atom. The predicted molar refractivity (Wildman–Crippen MR) is 55.2 cm³/mol. The van der Waals surface area contributed by atoms with Crippen LogP contribution >= 0.6 is 23.2 Å². The molecule has 2 N–H and O–H groups in total. The number of anilines is 1. The molecule has 1 atom stereocenters. The quantitative estimate of drug-likeness (QED) is 0.779. The van der Waals surface area contributed by atoms with Crippen molar-refractivity contribution < 1.29 is 0 Å². The topological polar surface area (TPSA) is 51.8 Å². The molecule has 0 aromatic carbocycles. The van der Waals surface area contributed by atoms with E-state index in [1.54, 1.807) is 0 Å². The molecule has 0 bridgehead atoms. The van der Waals surface area contributed by atoms with Gasteiger partial charge in [0, 0.05) is 5.56 Å². The van der Waals surface area contributed by atoms with Crippen molar-refractivity contribution in [1.82, 2.24) is 9.97 Å². The standard InChI is InChI=1S/C8H11Cl2N3/c1-3-4(2)5-6(9)12-8(11)13-7(5)10/h4H,3H2,1-2H3,(H2,11,12,13)/t4-/m1/s1. The highest BCUT2D eigenvalue weighted by molar-refractivity contribution is 6.34. The molecular weight excluding hydrogens is 209 g/mol. The summed E-state index contributed by atoms with van der Waals surface area (Å²) in [5.41, 5.74) is 6.16. The van der Waals surface area contributed by atoms with E-state index < -0.39 is 0 Å². The van der Waals surface area contributed by atoms with Gasteiger partial charge in [0.15, 0.2) is 0 Å². The number of nitrogens with zero attached hydrogens (tertiary/aromatic N) is 2. The molecule has 0 amide bonds. The summed E-state index contributed by atoms with van der Waals surface area (Å²) >= 11 is 11.8. The van der Waals surface area contributed by atoms with Gasteiger partial charge in [-0.05, 0) is 12.3 Å². The van der Waals surface area contributed by atoms with Crippen LogP contribution < -0.4 is 5.73 Å². The smallest absolute Gasteiger partial charge is 0.222 e. The first-order valence-electron chi connectivity index (χ1n) is 4.04. The maximum Gasteiger partial charge on any atom is 0.222 e. The number of halogens is 2. The Bertz CT molecular complexity index is 291. The van der Waals surface area contributed by atoms with Crippen molar-refractivity contribution in [2.45, 2.75) is 26.2 Å². The number of nitrogens with two attached hydrogens (primary N) is 1. The molecule has 1 heterocycles. The molecule has 1 aromatic rings. The number of rotatable bonds is 2. The zero-order valence-corrected chi connectivity index (χ0v) is 9.02. The molecule has 72 valence electrons. The summed E-state index contributed by atoms with van der Waals surface area (Å²) in [6.45, 7) is 4.07. The summed E-state index contributed by atoms with van der Waals surface area (Å²) < 4.78 is 0. The molecule has 1 rings (SSSR count). The lowest BCUT2D eigenvalue weighted by Gasteiger charge is -2.11. The first kappa shape index (κ1) is 10.5. The Hall–Kier alpha value is -0.540. The van der Waals surface area contributed by atoms with Crippen molar-refractivity contribution in [3.8, 4) is 0 Å². The largest absolute Gasteiger partial charge is 0.368 e. The van der Waals surface area contributed by atoms with Crippen LogP contribution in [0.25, 0.3) is 0 Å². The van der Waals surface area contributed by atoms with E-state index in [0.29, 0.717) is 10.3 Å². The average molecular weight is 220 g/mol. The predicted octanol–water partition coefficient (Wildman–Crippen LogP) is 2.88. The Morgan fingerprint density at radius 2 is 1.77 bits per heavy atom. The summed E-state index contributed by atoms with van der Waals surface area (Å²) in [5, 5.41) is 0.707. The van der Waals surface area contributed by atoms with Gasteiger partial charge in [0.25, 0.3) is 0 Å². The van der Waals surface area contributed by atoms with Crippen LogP contribution in [0.2, 0.25) is 10.3 Å². The fraction of sp³-hybridized carbons (Fsp3) is 0.500. The molecule has 0 aliphatic rings. The molecule has 3 nitrogen and oxygen atoms in total. The highest BCUT2D eigenvalue weighted by Crippen LogP contribution is 2.30. The summed E-state index contributed by atoms with van der Waals surface area (Å²) in [6, 6.07) is 0. The third kappa shape index (κ3) is 2.23. The Labute approximate surface area is 87.3 Å². The normalized spacial score (nSPS) is 12.9. The average Bonchev–Trinajstić information content (AvgIpc) is 2.02. The highest BCUT2D eigenvalue weighted by Gasteiger charge is 2.15. The van der Waals surface area contributed by atoms with E-state index in [1.807, 2.05) is 13.8 Å². The van der Waals surface area contributed by atoms with Crippen molar-refractivity contribution in [3.05, 3.63) is 15.9 Å². The summed E-state index contributed by atoms with van der Waals surface area (Å²) in [5.74, 6) is 0.364. The second kappa shape index (κ2) is 4.11. The molecule has 0 unspecified atom stereocenters. The molecule has 0 spiro atoms. The van der Waals surface area contributed by atoms with Gasteiger partial charge < -0.3 is 5.73 Å². The van der Waals surface area contributed by atoms with Crippen LogP contribution in [0.15, 0.2) is 0 Å². The zero-order valence-electron chi connectivity index (χ0n) is 7.51. The van der Waals surface area contributed by atoms with Crippen LogP contribution in [0.5, 0.6) is 0 Å². The minimum Gasteiger partial charge on any atom is -0.368 e. The SMILES string of the molecule is CC[C@@H](C)c1c(Cl)nc(N)nc1Cl. The number of hydrogen-bond donors (Lipinski definition) is 1. The van der Waals surface area contributed by atoms with E-state index >= 15 is 0 Å². The molecule has 5 heteroatoms. The van der Waals surface area contributed by atoms with Crippen LogP contribution in [0.1, 0.15) is 31.7 Å². The maximum atomic E-state index is 5.89. The highest BCUT2D eigenvalue weighted by atomic mass is 35.5. The van der Waals surface area contributed by atoms with Gasteiger partial charge in [-0.1, -0.05) is 37.0 Å². The monoisotopic (exact) mass is 219 g/mol. The van der Waals surface area contributed by atoms with E-state index in [2.05, 4.69) is 9.97 Å². The first-order chi connectivity index (χ1) is 6.06. The van der Waals surface area contributed by atoms with Gasteiger partial charge in [-0.3, -0.25) is 0 Å². The van der Waals surface area contributed by atoms with E-state index in [9.17, 15) is 0 Å². The number of nitrogen functional groups attached to an aromatic ring is 1. The van der Waals surface area contributed by atoms with Crippen molar-refractivity contribution in [1.29, 1.82) is 0 Å². The molecule has 0 aliphatic carbocycles. The van der Waals surface area contributed by atoms with Gasteiger partial charge >= 0.3 is 0 Å². The lowest BCUT2D eigenvalue weighted by atomic mass is 10.0. The lowest BCUT2D eigenvalue weighted by molar-refractivity contribution is 0.725. The van der Waals surface area contributed by atoms with Crippen molar-refractivity contribution >= 4 is 29.2 Å². The van der Waals surface area contributed by atoms with E-state index in [1.165, 1.54) is 0 Å². The van der Waals surface area contributed by atoms with Crippen molar-refractivity contribution in [2.75, 3.05) is 5.73 Å². The summed E-state index contributed by atoms with van der Waals surface area (Å²) in [4.78, 5) is 7.70. The fourth-order valence-electron chi connectivity index (χ4n) is 1.04. The molecule has 1 aromatic heterocycles. The summed E-state index contributed by atoms with van der Waals surface area (Å²) in [7, 11) is 0. The van der Waals surface area contributed by atoms with E-state index in [-0.39, 0.29) is 11.9 Å². The number of aromatic nitrogens is 2. The molecule has 0 radical (unpaired) electrons. The zero-order chi connectivity index (χ0) is 10.0. The van der Waals surface area contributed by atoms with Gasteiger partial charge in [-0.25, -0.2) is 9.97 Å². The van der Waals surface area contributed by atoms with Gasteiger partial charge in [-0.15, -0.1) is 0 Å². The van der Waals surface area contributed by atoms with E-state index in [0.717, 1.165) is 12.0 Å². The second-order valence-electron chi connectivity index (χ2n) is 2.89. The lowest BCUT2D eigenvalue weighted by Crippen LogP contribution is -2.02. The molecular formula is C8H11Cl2N3. The minimum absolute atomic E-state index is 0.113. The van der Waals surface area contributed by atoms with Crippen LogP contribution in [-0.2, 0) is 0 Å². The maximum absolute atomic E-state index is 5.89. The second-order valence-corrected chi connectivity index (χ2v) is 3.60.